The van der Waals surface area contributed by atoms with Gasteiger partial charge in [0.05, 0.1) is 12.1 Å². The molecule has 2 atom stereocenters. The number of nitrogens with zero attached hydrogens (tertiary/aromatic N) is 2. The van der Waals surface area contributed by atoms with Gasteiger partial charge < -0.3 is 20.3 Å². The largest absolute Gasteiger partial charge is 0.378 e. The highest BCUT2D eigenvalue weighted by Crippen LogP contribution is 2.15. The van der Waals surface area contributed by atoms with Crippen LogP contribution >= 0.6 is 0 Å². The van der Waals surface area contributed by atoms with E-state index in [2.05, 4.69) is 34.7 Å². The maximum absolute atomic E-state index is 11.9. The minimum atomic E-state index is -0.0194. The molecule has 0 aromatic heterocycles. The molecule has 1 aliphatic rings. The average Bonchev–Trinajstić information content (AvgIpc) is 2.67. The summed E-state index contributed by atoms with van der Waals surface area (Å²) in [6, 6.07) is 10.3. The predicted molar refractivity (Wildman–Crippen MR) is 105 cm³/mol. The number of rotatable bonds is 7. The molecule has 1 saturated heterocycles. The molecule has 0 saturated carbocycles. The van der Waals surface area contributed by atoms with E-state index in [0.29, 0.717) is 12.1 Å². The van der Waals surface area contributed by atoms with Crippen molar-refractivity contribution in [3.63, 3.8) is 0 Å². The van der Waals surface area contributed by atoms with Crippen LogP contribution < -0.4 is 10.6 Å². The number of carbonyl (C=O) groups is 1. The Kier molecular flexibility index (Phi) is 8.41. The van der Waals surface area contributed by atoms with Crippen molar-refractivity contribution >= 4 is 11.9 Å². The molecule has 144 valence electrons. The van der Waals surface area contributed by atoms with E-state index in [-0.39, 0.29) is 18.5 Å². The molecule has 0 aliphatic carbocycles. The first-order chi connectivity index (χ1) is 12.6. The monoisotopic (exact) mass is 360 g/mol. The van der Waals surface area contributed by atoms with Gasteiger partial charge in [-0.3, -0.25) is 4.79 Å². The molecule has 0 radical (unpaired) electrons. The SMILES string of the molecule is CC(NC(=NCC(=O)N(C)C)NCCC1CCCCO1)c1ccccc1. The van der Waals surface area contributed by atoms with Gasteiger partial charge in [0.1, 0.15) is 6.54 Å². The molecular weight excluding hydrogens is 328 g/mol. The number of benzene rings is 1. The molecule has 1 aromatic rings. The topological polar surface area (TPSA) is 66.0 Å². The third-order valence-electron chi connectivity index (χ3n) is 4.56. The summed E-state index contributed by atoms with van der Waals surface area (Å²) in [6.45, 7) is 3.86. The molecule has 1 aromatic carbocycles. The molecule has 0 bridgehead atoms. The van der Waals surface area contributed by atoms with Crippen LogP contribution in [0, 0.1) is 0 Å². The third kappa shape index (κ3) is 7.04. The highest BCUT2D eigenvalue weighted by Gasteiger charge is 2.14. The highest BCUT2D eigenvalue weighted by molar-refractivity contribution is 5.85. The lowest BCUT2D eigenvalue weighted by Gasteiger charge is -2.24. The van der Waals surface area contributed by atoms with Crippen LogP contribution in [-0.4, -0.2) is 56.7 Å². The van der Waals surface area contributed by atoms with Crippen LogP contribution in [-0.2, 0) is 9.53 Å². The summed E-state index contributed by atoms with van der Waals surface area (Å²) in [7, 11) is 3.48. The van der Waals surface area contributed by atoms with E-state index in [4.69, 9.17) is 4.74 Å². The molecule has 1 heterocycles. The Bertz CT molecular complexity index is 568. The van der Waals surface area contributed by atoms with Crippen molar-refractivity contribution in [3.05, 3.63) is 35.9 Å². The van der Waals surface area contributed by atoms with Crippen molar-refractivity contribution < 1.29 is 9.53 Å². The van der Waals surface area contributed by atoms with Crippen molar-refractivity contribution in [1.29, 1.82) is 0 Å². The zero-order valence-corrected chi connectivity index (χ0v) is 16.2. The van der Waals surface area contributed by atoms with Gasteiger partial charge in [-0.05, 0) is 38.2 Å². The number of hydrogen-bond donors (Lipinski definition) is 2. The van der Waals surface area contributed by atoms with E-state index in [0.717, 1.165) is 26.0 Å². The minimum absolute atomic E-state index is 0.0194. The van der Waals surface area contributed by atoms with Crippen LogP contribution in [0.1, 0.15) is 44.2 Å². The number of ether oxygens (including phenoxy) is 1. The van der Waals surface area contributed by atoms with Crippen molar-refractivity contribution in [2.24, 2.45) is 4.99 Å². The van der Waals surface area contributed by atoms with Crippen molar-refractivity contribution in [1.82, 2.24) is 15.5 Å². The number of amides is 1. The zero-order valence-electron chi connectivity index (χ0n) is 16.2. The fourth-order valence-corrected chi connectivity index (χ4v) is 2.86. The number of likely N-dealkylation sites (N-methyl/N-ethyl adjacent to an activating group) is 1. The van der Waals surface area contributed by atoms with Gasteiger partial charge in [-0.2, -0.15) is 0 Å². The number of hydrogen-bond acceptors (Lipinski definition) is 3. The summed E-state index contributed by atoms with van der Waals surface area (Å²) in [6.07, 6.45) is 4.81. The molecule has 1 fully saturated rings. The second-order valence-corrected chi connectivity index (χ2v) is 6.93. The van der Waals surface area contributed by atoms with Gasteiger partial charge in [-0.15, -0.1) is 0 Å². The quantitative estimate of drug-likeness (QED) is 0.579. The minimum Gasteiger partial charge on any atom is -0.378 e. The first kappa shape index (κ1) is 20.2. The van der Waals surface area contributed by atoms with Crippen molar-refractivity contribution in [3.8, 4) is 0 Å². The standard InChI is InChI=1S/C20H32N4O2/c1-16(17-9-5-4-6-10-17)23-20(22-15-19(25)24(2)3)21-13-12-18-11-7-8-14-26-18/h4-6,9-10,16,18H,7-8,11-15H2,1-3H3,(H2,21,22,23). The third-order valence-corrected chi connectivity index (χ3v) is 4.56. The Hall–Kier alpha value is -2.08. The van der Waals surface area contributed by atoms with Gasteiger partial charge in [0, 0.05) is 27.2 Å². The molecule has 2 unspecified atom stereocenters. The molecule has 26 heavy (non-hydrogen) atoms. The Morgan fingerprint density at radius 2 is 2.08 bits per heavy atom. The molecule has 6 nitrogen and oxygen atoms in total. The summed E-state index contributed by atoms with van der Waals surface area (Å²) in [5, 5.41) is 6.74. The summed E-state index contributed by atoms with van der Waals surface area (Å²) in [5.41, 5.74) is 1.18. The molecular formula is C20H32N4O2. The van der Waals surface area contributed by atoms with Crippen LogP contribution in [0.2, 0.25) is 0 Å². The lowest BCUT2D eigenvalue weighted by molar-refractivity contribution is -0.127. The van der Waals surface area contributed by atoms with Gasteiger partial charge in [0.15, 0.2) is 5.96 Å². The van der Waals surface area contributed by atoms with Crippen LogP contribution in [0.3, 0.4) is 0 Å². The fraction of sp³-hybridized carbons (Fsp3) is 0.600. The van der Waals surface area contributed by atoms with Gasteiger partial charge in [-0.25, -0.2) is 4.99 Å². The van der Waals surface area contributed by atoms with E-state index in [1.54, 1.807) is 19.0 Å². The van der Waals surface area contributed by atoms with Gasteiger partial charge in [0.2, 0.25) is 5.91 Å². The lowest BCUT2D eigenvalue weighted by atomic mass is 10.1. The molecule has 1 amide bonds. The van der Waals surface area contributed by atoms with E-state index in [9.17, 15) is 4.79 Å². The maximum atomic E-state index is 11.9. The smallest absolute Gasteiger partial charge is 0.243 e. The molecule has 2 rings (SSSR count). The first-order valence-electron chi connectivity index (χ1n) is 9.48. The lowest BCUT2D eigenvalue weighted by Crippen LogP contribution is -2.41. The predicted octanol–water partition coefficient (Wildman–Crippen LogP) is 2.33. The molecule has 6 heteroatoms. The van der Waals surface area contributed by atoms with Gasteiger partial charge in [0.25, 0.3) is 0 Å². The van der Waals surface area contributed by atoms with E-state index < -0.39 is 0 Å². The van der Waals surface area contributed by atoms with Gasteiger partial charge >= 0.3 is 0 Å². The Morgan fingerprint density at radius 3 is 2.73 bits per heavy atom. The average molecular weight is 361 g/mol. The Balaban J connectivity index is 1.91. The van der Waals surface area contributed by atoms with Gasteiger partial charge in [-0.1, -0.05) is 30.3 Å². The van der Waals surface area contributed by atoms with Crippen LogP contribution in [0.15, 0.2) is 35.3 Å². The van der Waals surface area contributed by atoms with Crippen molar-refractivity contribution in [2.75, 3.05) is 33.8 Å². The summed E-state index contributed by atoms with van der Waals surface area (Å²) in [4.78, 5) is 17.9. The Morgan fingerprint density at radius 1 is 1.31 bits per heavy atom. The zero-order chi connectivity index (χ0) is 18.8. The van der Waals surface area contributed by atoms with Crippen LogP contribution in [0.5, 0.6) is 0 Å². The molecule has 0 spiro atoms. The van der Waals surface area contributed by atoms with E-state index >= 15 is 0 Å². The van der Waals surface area contributed by atoms with Crippen molar-refractivity contribution in [2.45, 2.75) is 44.8 Å². The second-order valence-electron chi connectivity index (χ2n) is 6.93. The highest BCUT2D eigenvalue weighted by atomic mass is 16.5. The first-order valence-corrected chi connectivity index (χ1v) is 9.48. The van der Waals surface area contributed by atoms with Crippen LogP contribution in [0.4, 0.5) is 0 Å². The number of aliphatic imine (C=N–C) groups is 1. The summed E-state index contributed by atoms with van der Waals surface area (Å²) < 4.78 is 5.78. The number of carbonyl (C=O) groups excluding carboxylic acids is 1. The van der Waals surface area contributed by atoms with Crippen LogP contribution in [0.25, 0.3) is 0 Å². The van der Waals surface area contributed by atoms with E-state index in [1.807, 2.05) is 18.2 Å². The summed E-state index contributed by atoms with van der Waals surface area (Å²) in [5.74, 6) is 0.640. The maximum Gasteiger partial charge on any atom is 0.243 e. The number of guanidine groups is 1. The second kappa shape index (κ2) is 10.8. The fourth-order valence-electron chi connectivity index (χ4n) is 2.86. The normalized spacial score (nSPS) is 18.9. The molecule has 1 aliphatic heterocycles. The van der Waals surface area contributed by atoms with E-state index in [1.165, 1.54) is 18.4 Å². The molecule has 2 N–H and O–H groups in total. The number of nitrogens with one attached hydrogen (secondary N) is 2. The Labute approximate surface area is 157 Å². The summed E-state index contributed by atoms with van der Waals surface area (Å²) >= 11 is 0.